The number of carboxylic acid groups (broad SMARTS) is 2. The van der Waals surface area contributed by atoms with E-state index in [-0.39, 0.29) is 0 Å². The van der Waals surface area contributed by atoms with E-state index in [0.717, 1.165) is 0 Å². The van der Waals surface area contributed by atoms with Gasteiger partial charge in [-0.05, 0) is 0 Å². The summed E-state index contributed by atoms with van der Waals surface area (Å²) in [6, 6.07) is -1.29. The summed E-state index contributed by atoms with van der Waals surface area (Å²) in [5.74, 6) is -2.50. The summed E-state index contributed by atoms with van der Waals surface area (Å²) in [4.78, 5) is 19.6. The SMILES string of the molecule is C=C.NC(CC(=O)O)C(=O)O. The van der Waals surface area contributed by atoms with E-state index in [2.05, 4.69) is 13.2 Å². The summed E-state index contributed by atoms with van der Waals surface area (Å²) < 4.78 is 0. The Morgan fingerprint density at radius 2 is 1.73 bits per heavy atom. The van der Waals surface area contributed by atoms with E-state index in [9.17, 15) is 9.59 Å². The first-order chi connectivity index (χ1) is 5.04. The third-order valence-corrected chi connectivity index (χ3v) is 0.712. The first-order valence-corrected chi connectivity index (χ1v) is 2.74. The molecular formula is C6H11NO4. The van der Waals surface area contributed by atoms with Gasteiger partial charge in [0.05, 0.1) is 6.42 Å². The Labute approximate surface area is 64.1 Å². The molecule has 0 radical (unpaired) electrons. The fourth-order valence-corrected chi connectivity index (χ4v) is 0.275. The summed E-state index contributed by atoms with van der Waals surface area (Å²) in [7, 11) is 0. The molecule has 64 valence electrons. The summed E-state index contributed by atoms with van der Waals surface area (Å²) in [6.07, 6.45) is -0.532. The summed E-state index contributed by atoms with van der Waals surface area (Å²) in [6.45, 7) is 6.00. The lowest BCUT2D eigenvalue weighted by molar-refractivity contribution is -0.144. The Morgan fingerprint density at radius 3 is 1.82 bits per heavy atom. The molecule has 0 aromatic rings. The van der Waals surface area contributed by atoms with Gasteiger partial charge >= 0.3 is 11.9 Å². The minimum absolute atomic E-state index is 0.532. The van der Waals surface area contributed by atoms with Crippen molar-refractivity contribution >= 4 is 11.9 Å². The lowest BCUT2D eigenvalue weighted by Crippen LogP contribution is -2.32. The van der Waals surface area contributed by atoms with Gasteiger partial charge in [0.1, 0.15) is 6.04 Å². The number of nitrogens with two attached hydrogens (primary N) is 1. The molecule has 5 heteroatoms. The molecule has 0 amide bonds. The molecule has 0 aliphatic rings. The summed E-state index contributed by atoms with van der Waals surface area (Å²) in [5.41, 5.74) is 4.84. The van der Waals surface area contributed by atoms with Crippen LogP contribution in [0.15, 0.2) is 13.2 Å². The van der Waals surface area contributed by atoms with Gasteiger partial charge in [-0.3, -0.25) is 9.59 Å². The highest BCUT2D eigenvalue weighted by Gasteiger charge is 2.14. The minimum atomic E-state index is -1.29. The Morgan fingerprint density at radius 1 is 1.36 bits per heavy atom. The molecule has 0 heterocycles. The smallest absolute Gasteiger partial charge is 0.321 e. The van der Waals surface area contributed by atoms with Gasteiger partial charge in [-0.1, -0.05) is 0 Å². The highest BCUT2D eigenvalue weighted by Crippen LogP contribution is 1.86. The fourth-order valence-electron chi connectivity index (χ4n) is 0.275. The molecule has 0 aliphatic carbocycles. The summed E-state index contributed by atoms with van der Waals surface area (Å²) in [5, 5.41) is 16.0. The van der Waals surface area contributed by atoms with Crippen molar-refractivity contribution in [1.82, 2.24) is 0 Å². The average Bonchev–Trinajstić information content (AvgIpc) is 1.90. The molecule has 1 unspecified atom stereocenters. The van der Waals surface area contributed by atoms with Gasteiger partial charge in [-0.2, -0.15) is 0 Å². The van der Waals surface area contributed by atoms with Crippen molar-refractivity contribution < 1.29 is 19.8 Å². The van der Waals surface area contributed by atoms with Crippen molar-refractivity contribution in [2.24, 2.45) is 5.73 Å². The summed E-state index contributed by atoms with van der Waals surface area (Å²) >= 11 is 0. The second-order valence-electron chi connectivity index (χ2n) is 1.54. The van der Waals surface area contributed by atoms with E-state index in [1.807, 2.05) is 0 Å². The van der Waals surface area contributed by atoms with Gasteiger partial charge in [0.25, 0.3) is 0 Å². The van der Waals surface area contributed by atoms with Crippen LogP contribution < -0.4 is 5.73 Å². The number of carbonyl (C=O) groups is 2. The third kappa shape index (κ3) is 8.64. The number of carboxylic acids is 2. The first kappa shape index (κ1) is 12.3. The zero-order valence-electron chi connectivity index (χ0n) is 5.99. The van der Waals surface area contributed by atoms with Crippen LogP contribution in [0, 0.1) is 0 Å². The molecule has 0 saturated heterocycles. The predicted molar refractivity (Wildman–Crippen MR) is 39.1 cm³/mol. The van der Waals surface area contributed by atoms with Crippen LogP contribution in [-0.4, -0.2) is 28.2 Å². The maximum atomic E-state index is 9.85. The van der Waals surface area contributed by atoms with Crippen molar-refractivity contribution in [3.05, 3.63) is 13.2 Å². The van der Waals surface area contributed by atoms with Crippen LogP contribution in [0.1, 0.15) is 6.42 Å². The fraction of sp³-hybridized carbons (Fsp3) is 0.333. The zero-order chi connectivity index (χ0) is 9.44. The lowest BCUT2D eigenvalue weighted by atomic mass is 10.2. The molecule has 0 fully saturated rings. The number of hydrogen-bond donors (Lipinski definition) is 3. The standard InChI is InChI=1S/C4H7NO4.C2H4/c5-2(4(8)9)1-3(6)7;1-2/h2H,1,5H2,(H,6,7)(H,8,9);1-2H2. The van der Waals surface area contributed by atoms with Crippen LogP contribution in [0.25, 0.3) is 0 Å². The van der Waals surface area contributed by atoms with E-state index in [1.54, 1.807) is 0 Å². The van der Waals surface area contributed by atoms with Crippen molar-refractivity contribution in [2.45, 2.75) is 12.5 Å². The van der Waals surface area contributed by atoms with E-state index in [1.165, 1.54) is 0 Å². The van der Waals surface area contributed by atoms with Gasteiger partial charge in [0.2, 0.25) is 0 Å². The van der Waals surface area contributed by atoms with Crippen LogP contribution >= 0.6 is 0 Å². The van der Waals surface area contributed by atoms with Crippen molar-refractivity contribution in [3.63, 3.8) is 0 Å². The van der Waals surface area contributed by atoms with Gasteiger partial charge in [0.15, 0.2) is 0 Å². The van der Waals surface area contributed by atoms with Crippen LogP contribution in [0.4, 0.5) is 0 Å². The third-order valence-electron chi connectivity index (χ3n) is 0.712. The van der Waals surface area contributed by atoms with Crippen molar-refractivity contribution in [3.8, 4) is 0 Å². The number of aliphatic carboxylic acids is 2. The molecule has 0 bridgehead atoms. The van der Waals surface area contributed by atoms with E-state index in [0.29, 0.717) is 0 Å². The van der Waals surface area contributed by atoms with Crippen molar-refractivity contribution in [2.75, 3.05) is 0 Å². The van der Waals surface area contributed by atoms with Crippen LogP contribution in [0.3, 0.4) is 0 Å². The lowest BCUT2D eigenvalue weighted by Gasteiger charge is -1.99. The largest absolute Gasteiger partial charge is 0.481 e. The number of rotatable bonds is 3. The van der Waals surface area contributed by atoms with E-state index >= 15 is 0 Å². The van der Waals surface area contributed by atoms with Crippen molar-refractivity contribution in [1.29, 1.82) is 0 Å². The Hall–Kier alpha value is -1.36. The second-order valence-corrected chi connectivity index (χ2v) is 1.54. The normalized spacial score (nSPS) is 10.6. The minimum Gasteiger partial charge on any atom is -0.481 e. The molecule has 0 aromatic heterocycles. The molecular weight excluding hydrogens is 150 g/mol. The highest BCUT2D eigenvalue weighted by atomic mass is 16.4. The van der Waals surface area contributed by atoms with Gasteiger partial charge in [-0.25, -0.2) is 0 Å². The highest BCUT2D eigenvalue weighted by molar-refractivity contribution is 5.80. The Bertz CT molecular complexity index is 146. The van der Waals surface area contributed by atoms with Crippen LogP contribution in [-0.2, 0) is 9.59 Å². The monoisotopic (exact) mass is 161 g/mol. The molecule has 0 rings (SSSR count). The zero-order valence-corrected chi connectivity index (χ0v) is 5.99. The molecule has 4 N–H and O–H groups in total. The topological polar surface area (TPSA) is 101 Å². The Balaban J connectivity index is 0. The maximum absolute atomic E-state index is 9.85. The Kier molecular flexibility index (Phi) is 7.57. The van der Waals surface area contributed by atoms with E-state index in [4.69, 9.17) is 15.9 Å². The molecule has 5 nitrogen and oxygen atoms in total. The second kappa shape index (κ2) is 6.76. The quantitative estimate of drug-likeness (QED) is 0.492. The number of hydrogen-bond acceptors (Lipinski definition) is 3. The molecule has 0 aliphatic heterocycles. The molecule has 0 saturated carbocycles. The van der Waals surface area contributed by atoms with E-state index < -0.39 is 24.4 Å². The average molecular weight is 161 g/mol. The molecule has 0 spiro atoms. The maximum Gasteiger partial charge on any atom is 0.321 e. The molecule has 1 atom stereocenters. The molecule has 0 aromatic carbocycles. The van der Waals surface area contributed by atoms with Gasteiger partial charge in [0, 0.05) is 0 Å². The van der Waals surface area contributed by atoms with Crippen LogP contribution in [0.5, 0.6) is 0 Å². The van der Waals surface area contributed by atoms with Gasteiger partial charge in [-0.15, -0.1) is 13.2 Å². The van der Waals surface area contributed by atoms with Crippen LogP contribution in [0.2, 0.25) is 0 Å². The first-order valence-electron chi connectivity index (χ1n) is 2.74. The van der Waals surface area contributed by atoms with Gasteiger partial charge < -0.3 is 15.9 Å². The molecule has 11 heavy (non-hydrogen) atoms. The predicted octanol–water partition coefficient (Wildman–Crippen LogP) is -0.325.